The van der Waals surface area contributed by atoms with Crippen LogP contribution < -0.4 is 5.32 Å². The molecule has 14 heavy (non-hydrogen) atoms. The van der Waals surface area contributed by atoms with Crippen molar-refractivity contribution in [3.8, 4) is 0 Å². The number of thioether (sulfide) groups is 1. The molecule has 0 atom stereocenters. The second kappa shape index (κ2) is 4.74. The zero-order valence-electron chi connectivity index (χ0n) is 8.62. The lowest BCUT2D eigenvalue weighted by Gasteiger charge is -2.05. The van der Waals surface area contributed by atoms with Gasteiger partial charge < -0.3 is 5.32 Å². The van der Waals surface area contributed by atoms with Crippen molar-refractivity contribution < 1.29 is 0 Å². The second-order valence-corrected chi connectivity index (χ2v) is 5.12. The number of benzene rings is 1. The Balaban J connectivity index is 1.84. The van der Waals surface area contributed by atoms with Gasteiger partial charge in [0.1, 0.15) is 0 Å². The molecule has 2 rings (SSSR count). The van der Waals surface area contributed by atoms with E-state index in [1.807, 2.05) is 11.8 Å². The molecule has 0 bridgehead atoms. The van der Waals surface area contributed by atoms with Crippen molar-refractivity contribution in [1.29, 1.82) is 0 Å². The molecular weight excluding hydrogens is 190 g/mol. The largest absolute Gasteiger partial charge is 0.385 e. The summed E-state index contributed by atoms with van der Waals surface area (Å²) in [6.07, 6.45) is 2.83. The fraction of sp³-hybridized carbons (Fsp3) is 0.500. The van der Waals surface area contributed by atoms with E-state index in [4.69, 9.17) is 0 Å². The van der Waals surface area contributed by atoms with Gasteiger partial charge in [0.15, 0.2) is 0 Å². The number of rotatable bonds is 5. The van der Waals surface area contributed by atoms with E-state index < -0.39 is 0 Å². The van der Waals surface area contributed by atoms with Crippen LogP contribution in [0.5, 0.6) is 0 Å². The molecule has 1 saturated carbocycles. The summed E-state index contributed by atoms with van der Waals surface area (Å²) < 4.78 is 0. The van der Waals surface area contributed by atoms with Gasteiger partial charge in [0, 0.05) is 17.1 Å². The Hall–Kier alpha value is -0.630. The summed E-state index contributed by atoms with van der Waals surface area (Å²) in [5.41, 5.74) is 1.26. The van der Waals surface area contributed by atoms with E-state index in [-0.39, 0.29) is 0 Å². The third-order valence-corrected chi connectivity index (χ3v) is 3.35. The molecule has 0 amide bonds. The molecular formula is C12H17NS. The Morgan fingerprint density at radius 2 is 2.00 bits per heavy atom. The van der Waals surface area contributed by atoms with Gasteiger partial charge in [-0.05, 0) is 48.8 Å². The molecule has 0 aromatic heterocycles. The molecule has 1 aromatic carbocycles. The maximum absolute atomic E-state index is 3.47. The average molecular weight is 207 g/mol. The Morgan fingerprint density at radius 3 is 2.57 bits per heavy atom. The van der Waals surface area contributed by atoms with Crippen LogP contribution in [0, 0.1) is 5.92 Å². The summed E-state index contributed by atoms with van der Waals surface area (Å²) in [7, 11) is 0. The summed E-state index contributed by atoms with van der Waals surface area (Å²) in [6, 6.07) is 8.76. The van der Waals surface area contributed by atoms with Gasteiger partial charge in [0.2, 0.25) is 0 Å². The summed E-state index contributed by atoms with van der Waals surface area (Å²) in [4.78, 5) is 1.37. The maximum Gasteiger partial charge on any atom is 0.0341 e. The highest BCUT2D eigenvalue weighted by Crippen LogP contribution is 2.29. The highest BCUT2D eigenvalue weighted by atomic mass is 32.2. The predicted octanol–water partition coefficient (Wildman–Crippen LogP) is 3.62. The molecule has 0 heterocycles. The lowest BCUT2D eigenvalue weighted by molar-refractivity contribution is 0.889. The van der Waals surface area contributed by atoms with Crippen molar-refractivity contribution in [3.63, 3.8) is 0 Å². The Bertz CT molecular complexity index is 277. The number of anilines is 1. The predicted molar refractivity (Wildman–Crippen MR) is 64.1 cm³/mol. The maximum atomic E-state index is 3.47. The number of hydrogen-bond donors (Lipinski definition) is 1. The molecule has 0 unspecified atom stereocenters. The normalized spacial score (nSPS) is 15.5. The van der Waals surface area contributed by atoms with E-state index in [9.17, 15) is 0 Å². The Kier molecular flexibility index (Phi) is 3.35. The van der Waals surface area contributed by atoms with E-state index in [2.05, 4.69) is 36.5 Å². The van der Waals surface area contributed by atoms with E-state index in [0.29, 0.717) is 0 Å². The SMILES string of the molecule is CCSc1ccc(NCC2CC2)cc1. The number of hydrogen-bond acceptors (Lipinski definition) is 2. The highest BCUT2D eigenvalue weighted by molar-refractivity contribution is 7.99. The van der Waals surface area contributed by atoms with Gasteiger partial charge in [-0.25, -0.2) is 0 Å². The van der Waals surface area contributed by atoms with E-state index in [1.165, 1.54) is 23.4 Å². The third kappa shape index (κ3) is 2.95. The van der Waals surface area contributed by atoms with Crippen molar-refractivity contribution in [2.45, 2.75) is 24.7 Å². The average Bonchev–Trinajstić information content (AvgIpc) is 3.01. The van der Waals surface area contributed by atoms with Gasteiger partial charge in [-0.2, -0.15) is 0 Å². The molecule has 0 aliphatic heterocycles. The quantitative estimate of drug-likeness (QED) is 0.740. The van der Waals surface area contributed by atoms with Gasteiger partial charge >= 0.3 is 0 Å². The van der Waals surface area contributed by atoms with Crippen molar-refractivity contribution in [2.24, 2.45) is 5.92 Å². The fourth-order valence-electron chi connectivity index (χ4n) is 1.42. The lowest BCUT2D eigenvalue weighted by atomic mass is 10.3. The Morgan fingerprint density at radius 1 is 1.29 bits per heavy atom. The van der Waals surface area contributed by atoms with Gasteiger partial charge in [-0.3, -0.25) is 0 Å². The minimum absolute atomic E-state index is 0.944. The molecule has 1 N–H and O–H groups in total. The van der Waals surface area contributed by atoms with Gasteiger partial charge in [-0.15, -0.1) is 11.8 Å². The summed E-state index contributed by atoms with van der Waals surface area (Å²) in [6.45, 7) is 3.34. The molecule has 0 radical (unpaired) electrons. The van der Waals surface area contributed by atoms with Crippen LogP contribution in [-0.4, -0.2) is 12.3 Å². The molecule has 76 valence electrons. The first-order valence-electron chi connectivity index (χ1n) is 5.35. The minimum atomic E-state index is 0.944. The van der Waals surface area contributed by atoms with E-state index in [1.54, 1.807) is 0 Å². The molecule has 1 nitrogen and oxygen atoms in total. The van der Waals surface area contributed by atoms with Crippen LogP contribution >= 0.6 is 11.8 Å². The topological polar surface area (TPSA) is 12.0 Å². The zero-order valence-corrected chi connectivity index (χ0v) is 9.44. The van der Waals surface area contributed by atoms with E-state index >= 15 is 0 Å². The van der Waals surface area contributed by atoms with Crippen LogP contribution in [0.3, 0.4) is 0 Å². The molecule has 0 saturated heterocycles. The van der Waals surface area contributed by atoms with Gasteiger partial charge in [-0.1, -0.05) is 6.92 Å². The smallest absolute Gasteiger partial charge is 0.0341 e. The minimum Gasteiger partial charge on any atom is -0.385 e. The lowest BCUT2D eigenvalue weighted by Crippen LogP contribution is -2.02. The van der Waals surface area contributed by atoms with Crippen LogP contribution in [-0.2, 0) is 0 Å². The zero-order chi connectivity index (χ0) is 9.80. The van der Waals surface area contributed by atoms with Crippen LogP contribution in [0.25, 0.3) is 0 Å². The summed E-state index contributed by atoms with van der Waals surface area (Å²) in [5.74, 6) is 2.09. The molecule has 1 aliphatic carbocycles. The standard InChI is InChI=1S/C12H17NS/c1-2-14-12-7-5-11(6-8-12)13-9-10-3-4-10/h5-8,10,13H,2-4,9H2,1H3. The first-order valence-corrected chi connectivity index (χ1v) is 6.34. The van der Waals surface area contributed by atoms with Crippen LogP contribution in [0.4, 0.5) is 5.69 Å². The van der Waals surface area contributed by atoms with Crippen molar-refractivity contribution in [1.82, 2.24) is 0 Å². The molecule has 0 spiro atoms. The van der Waals surface area contributed by atoms with Gasteiger partial charge in [0.05, 0.1) is 0 Å². The highest BCUT2D eigenvalue weighted by Gasteiger charge is 2.20. The third-order valence-electron chi connectivity index (χ3n) is 2.46. The van der Waals surface area contributed by atoms with Gasteiger partial charge in [0.25, 0.3) is 0 Å². The monoisotopic (exact) mass is 207 g/mol. The van der Waals surface area contributed by atoms with E-state index in [0.717, 1.165) is 18.2 Å². The second-order valence-electron chi connectivity index (χ2n) is 3.78. The number of nitrogens with one attached hydrogen (secondary N) is 1. The van der Waals surface area contributed by atoms with Crippen molar-refractivity contribution >= 4 is 17.4 Å². The summed E-state index contributed by atoms with van der Waals surface area (Å²) >= 11 is 1.89. The molecule has 1 aliphatic rings. The van der Waals surface area contributed by atoms with Crippen molar-refractivity contribution in [2.75, 3.05) is 17.6 Å². The molecule has 2 heteroatoms. The molecule has 1 fully saturated rings. The van der Waals surface area contributed by atoms with Crippen LogP contribution in [0.2, 0.25) is 0 Å². The van der Waals surface area contributed by atoms with Crippen LogP contribution in [0.15, 0.2) is 29.2 Å². The van der Waals surface area contributed by atoms with Crippen molar-refractivity contribution in [3.05, 3.63) is 24.3 Å². The Labute approximate surface area is 90.3 Å². The summed E-state index contributed by atoms with van der Waals surface area (Å²) in [5, 5.41) is 3.47. The van der Waals surface area contributed by atoms with Crippen LogP contribution in [0.1, 0.15) is 19.8 Å². The first kappa shape index (κ1) is 9.91. The fourth-order valence-corrected chi connectivity index (χ4v) is 2.08. The first-order chi connectivity index (χ1) is 6.88. The molecule has 1 aromatic rings.